The molecule has 0 spiro atoms. The lowest BCUT2D eigenvalue weighted by Gasteiger charge is -2.10. The van der Waals surface area contributed by atoms with Gasteiger partial charge in [-0.2, -0.15) is 0 Å². The van der Waals surface area contributed by atoms with E-state index in [1.165, 1.54) is 0 Å². The van der Waals surface area contributed by atoms with E-state index >= 15 is 0 Å². The quantitative estimate of drug-likeness (QED) is 0.547. The highest BCUT2D eigenvalue weighted by atomic mass is 35.5. The van der Waals surface area contributed by atoms with E-state index in [1.54, 1.807) is 6.07 Å². The van der Waals surface area contributed by atoms with Crippen LogP contribution in [0.2, 0.25) is 5.02 Å². The molecule has 0 saturated heterocycles. The topological polar surface area (TPSA) is 48.0 Å². The zero-order valence-electron chi connectivity index (χ0n) is 14.6. The van der Waals surface area contributed by atoms with Crippen molar-refractivity contribution in [2.24, 2.45) is 5.73 Å². The number of halogens is 1. The molecule has 0 bridgehead atoms. The highest BCUT2D eigenvalue weighted by molar-refractivity contribution is 6.31. The number of rotatable bonds is 3. The molecule has 0 aliphatic heterocycles. The molecule has 0 aliphatic carbocycles. The zero-order chi connectivity index (χ0) is 18.4. The van der Waals surface area contributed by atoms with Crippen molar-refractivity contribution in [1.29, 1.82) is 0 Å². The average molecular weight is 362 g/mol. The van der Waals surface area contributed by atoms with Gasteiger partial charge < -0.3 is 10.3 Å². The molecule has 1 heterocycles. The number of hydrogen-bond donors (Lipinski definition) is 1. The molecule has 0 aliphatic rings. The SMILES string of the molecule is Cc1c[c]c2c3c(C(N)=O)cccc3n(Cc3ccc(C)c(Cl)c3)c2c1. The van der Waals surface area contributed by atoms with Gasteiger partial charge in [0.1, 0.15) is 0 Å². The van der Waals surface area contributed by atoms with Crippen LogP contribution >= 0.6 is 11.6 Å². The summed E-state index contributed by atoms with van der Waals surface area (Å²) >= 11 is 6.31. The fraction of sp³-hybridized carbons (Fsp3) is 0.136. The van der Waals surface area contributed by atoms with E-state index in [2.05, 4.69) is 22.8 Å². The van der Waals surface area contributed by atoms with Gasteiger partial charge in [-0.05, 0) is 60.9 Å². The maximum absolute atomic E-state index is 12.0. The van der Waals surface area contributed by atoms with Crippen LogP contribution in [-0.4, -0.2) is 10.5 Å². The number of hydrogen-bond acceptors (Lipinski definition) is 1. The predicted molar refractivity (Wildman–Crippen MR) is 107 cm³/mol. The fourth-order valence-corrected chi connectivity index (χ4v) is 3.66. The standard InChI is InChI=1S/C22H18ClN2O/c1-13-6-9-16-20(10-13)25(12-15-8-7-14(2)18(23)11-15)19-5-3-4-17(21(16)19)22(24)26/h3-8,10-11H,12H2,1-2H3,(H2,24,26). The Hall–Kier alpha value is -2.78. The van der Waals surface area contributed by atoms with Gasteiger partial charge in [0.15, 0.2) is 0 Å². The molecule has 4 heteroatoms. The van der Waals surface area contributed by atoms with Gasteiger partial charge in [-0.1, -0.05) is 35.9 Å². The van der Waals surface area contributed by atoms with Crippen LogP contribution in [0.5, 0.6) is 0 Å². The van der Waals surface area contributed by atoms with Crippen molar-refractivity contribution in [1.82, 2.24) is 4.57 Å². The van der Waals surface area contributed by atoms with Gasteiger partial charge >= 0.3 is 0 Å². The van der Waals surface area contributed by atoms with Crippen LogP contribution in [0.4, 0.5) is 0 Å². The van der Waals surface area contributed by atoms with Gasteiger partial charge in [-0.25, -0.2) is 0 Å². The van der Waals surface area contributed by atoms with Crippen LogP contribution in [0.15, 0.2) is 48.5 Å². The fourth-order valence-electron chi connectivity index (χ4n) is 3.45. The summed E-state index contributed by atoms with van der Waals surface area (Å²) in [6.45, 7) is 4.68. The molecular formula is C22H18ClN2O. The van der Waals surface area contributed by atoms with E-state index in [-0.39, 0.29) is 0 Å². The van der Waals surface area contributed by atoms with Crippen LogP contribution in [0, 0.1) is 19.9 Å². The van der Waals surface area contributed by atoms with Gasteiger partial charge in [0.2, 0.25) is 5.91 Å². The second-order valence-corrected chi connectivity index (χ2v) is 7.08. The van der Waals surface area contributed by atoms with E-state index in [0.29, 0.717) is 12.1 Å². The molecule has 1 radical (unpaired) electrons. The third kappa shape index (κ3) is 2.65. The minimum absolute atomic E-state index is 0.429. The number of benzene rings is 3. The maximum atomic E-state index is 12.0. The summed E-state index contributed by atoms with van der Waals surface area (Å²) in [5.41, 5.74) is 11.4. The first kappa shape index (κ1) is 16.7. The second-order valence-electron chi connectivity index (χ2n) is 6.67. The lowest BCUT2D eigenvalue weighted by molar-refractivity contribution is 0.100. The summed E-state index contributed by atoms with van der Waals surface area (Å²) in [4.78, 5) is 12.0. The lowest BCUT2D eigenvalue weighted by Crippen LogP contribution is -2.11. The molecule has 129 valence electrons. The Morgan fingerprint density at radius 2 is 1.96 bits per heavy atom. The van der Waals surface area contributed by atoms with Gasteiger partial charge in [0, 0.05) is 27.9 Å². The van der Waals surface area contributed by atoms with E-state index in [0.717, 1.165) is 43.5 Å². The van der Waals surface area contributed by atoms with E-state index in [1.807, 2.05) is 44.2 Å². The third-order valence-electron chi connectivity index (χ3n) is 4.78. The van der Waals surface area contributed by atoms with Crippen LogP contribution < -0.4 is 5.73 Å². The van der Waals surface area contributed by atoms with Crippen LogP contribution in [0.25, 0.3) is 21.8 Å². The molecule has 4 aromatic rings. The number of aromatic nitrogens is 1. The molecule has 0 atom stereocenters. The summed E-state index contributed by atoms with van der Waals surface area (Å²) in [7, 11) is 0. The van der Waals surface area contributed by atoms with Gasteiger partial charge in [0.25, 0.3) is 0 Å². The first-order valence-corrected chi connectivity index (χ1v) is 8.81. The predicted octanol–water partition coefficient (Wildman–Crippen LogP) is 5.01. The summed E-state index contributed by atoms with van der Waals surface area (Å²) in [6.07, 6.45) is 0. The Morgan fingerprint density at radius 3 is 2.69 bits per heavy atom. The Labute approximate surface area is 157 Å². The second kappa shape index (κ2) is 6.19. The average Bonchev–Trinajstić information content (AvgIpc) is 2.91. The summed E-state index contributed by atoms with van der Waals surface area (Å²) in [5, 5.41) is 2.52. The Kier molecular flexibility index (Phi) is 3.97. The number of nitrogens with zero attached hydrogens (tertiary/aromatic N) is 1. The van der Waals surface area contributed by atoms with Crippen molar-refractivity contribution in [2.45, 2.75) is 20.4 Å². The normalized spacial score (nSPS) is 11.3. The molecule has 4 rings (SSSR count). The minimum Gasteiger partial charge on any atom is -0.366 e. The number of carbonyl (C=O) groups is 1. The minimum atomic E-state index is -0.429. The van der Waals surface area contributed by atoms with Crippen molar-refractivity contribution < 1.29 is 4.79 Å². The van der Waals surface area contributed by atoms with Crippen molar-refractivity contribution in [2.75, 3.05) is 0 Å². The zero-order valence-corrected chi connectivity index (χ0v) is 15.4. The molecule has 0 fully saturated rings. The van der Waals surface area contributed by atoms with E-state index < -0.39 is 5.91 Å². The largest absolute Gasteiger partial charge is 0.366 e. The highest BCUT2D eigenvalue weighted by Crippen LogP contribution is 2.33. The summed E-state index contributed by atoms with van der Waals surface area (Å²) < 4.78 is 2.20. The molecule has 26 heavy (non-hydrogen) atoms. The van der Waals surface area contributed by atoms with Crippen LogP contribution in [-0.2, 0) is 6.54 Å². The van der Waals surface area contributed by atoms with E-state index in [9.17, 15) is 4.79 Å². The van der Waals surface area contributed by atoms with Crippen molar-refractivity contribution >= 4 is 39.3 Å². The maximum Gasteiger partial charge on any atom is 0.249 e. The Morgan fingerprint density at radius 1 is 1.15 bits per heavy atom. The monoisotopic (exact) mass is 361 g/mol. The Balaban J connectivity index is 2.03. The molecule has 3 nitrogen and oxygen atoms in total. The molecular weight excluding hydrogens is 344 g/mol. The number of amides is 1. The van der Waals surface area contributed by atoms with Crippen molar-refractivity contribution in [3.63, 3.8) is 0 Å². The number of nitrogens with two attached hydrogens (primary N) is 1. The first-order valence-electron chi connectivity index (χ1n) is 8.44. The third-order valence-corrected chi connectivity index (χ3v) is 5.19. The number of fused-ring (bicyclic) bond motifs is 3. The summed E-state index contributed by atoms with van der Waals surface area (Å²) in [5.74, 6) is -0.429. The van der Waals surface area contributed by atoms with Crippen LogP contribution in [0.1, 0.15) is 27.0 Å². The molecule has 0 saturated carbocycles. The van der Waals surface area contributed by atoms with Crippen molar-refractivity contribution in [3.05, 3.63) is 81.9 Å². The molecule has 0 unspecified atom stereocenters. The molecule has 3 aromatic carbocycles. The summed E-state index contributed by atoms with van der Waals surface area (Å²) in [6, 6.07) is 19.1. The van der Waals surface area contributed by atoms with E-state index in [4.69, 9.17) is 17.3 Å². The number of aryl methyl sites for hydroxylation is 2. The number of primary amides is 1. The van der Waals surface area contributed by atoms with Crippen molar-refractivity contribution in [3.8, 4) is 0 Å². The number of carbonyl (C=O) groups excluding carboxylic acids is 1. The lowest BCUT2D eigenvalue weighted by atomic mass is 10.1. The van der Waals surface area contributed by atoms with Gasteiger partial charge in [0.05, 0.1) is 11.0 Å². The smallest absolute Gasteiger partial charge is 0.249 e. The van der Waals surface area contributed by atoms with Crippen LogP contribution in [0.3, 0.4) is 0 Å². The van der Waals surface area contributed by atoms with Gasteiger partial charge in [-0.3, -0.25) is 4.79 Å². The first-order chi connectivity index (χ1) is 12.5. The molecule has 1 aromatic heterocycles. The molecule has 2 N–H and O–H groups in total. The van der Waals surface area contributed by atoms with Gasteiger partial charge in [-0.15, -0.1) is 0 Å². The Bertz CT molecular complexity index is 1170. The molecule has 1 amide bonds. The highest BCUT2D eigenvalue weighted by Gasteiger charge is 2.17.